The van der Waals surface area contributed by atoms with E-state index in [1.165, 1.54) is 0 Å². The zero-order chi connectivity index (χ0) is 16.7. The minimum atomic E-state index is -4.37. The molecule has 1 aliphatic heterocycles. The lowest BCUT2D eigenvalue weighted by atomic mass is 10.2. The van der Waals surface area contributed by atoms with Crippen molar-refractivity contribution in [1.29, 1.82) is 0 Å². The van der Waals surface area contributed by atoms with Gasteiger partial charge < -0.3 is 9.47 Å². The number of nitro benzene ring substituents is 1. The van der Waals surface area contributed by atoms with Gasteiger partial charge >= 0.3 is 12.1 Å². The predicted molar refractivity (Wildman–Crippen MR) is 71.0 cm³/mol. The van der Waals surface area contributed by atoms with Crippen LogP contribution in [0.4, 0.5) is 16.2 Å². The molecule has 0 unspecified atom stereocenters. The number of rotatable bonds is 2. The molecule has 0 saturated carbocycles. The van der Waals surface area contributed by atoms with Gasteiger partial charge in [0.2, 0.25) is 15.2 Å². The summed E-state index contributed by atoms with van der Waals surface area (Å²) < 4.78 is 33.7. The van der Waals surface area contributed by atoms with Crippen LogP contribution in [0.5, 0.6) is 0 Å². The lowest BCUT2D eigenvalue weighted by Gasteiger charge is -2.20. The quantitative estimate of drug-likeness (QED) is 0.433. The number of carbonyl (C=O) groups excluding carboxylic acids is 2. The Morgan fingerprint density at radius 1 is 1.27 bits per heavy atom. The molecule has 10 nitrogen and oxygen atoms in total. The van der Waals surface area contributed by atoms with Crippen LogP contribution in [0, 0.1) is 10.1 Å². The number of fused-ring (bicyclic) bond motifs is 1. The predicted octanol–water partition coefficient (Wildman–Crippen LogP) is 0.454. The molecule has 0 spiro atoms. The number of sulfone groups is 1. The number of methoxy groups -OCH3 is 2. The highest BCUT2D eigenvalue weighted by molar-refractivity contribution is 7.93. The molecular weight excluding hydrogens is 320 g/mol. The van der Waals surface area contributed by atoms with E-state index in [1.54, 1.807) is 0 Å². The number of hydrogen-bond acceptors (Lipinski definition) is 8. The standard InChI is InChI=1S/C11H10N2O8S/c1-20-10(14)9-12(11(15)21-2)7-4-3-6(13(16)17)5-8(7)22(9,18)19/h3-5,9H,1-2H3/t9-/m1/s1. The molecule has 1 aliphatic rings. The Morgan fingerprint density at radius 3 is 2.41 bits per heavy atom. The van der Waals surface area contributed by atoms with Crippen LogP contribution in [0.25, 0.3) is 0 Å². The van der Waals surface area contributed by atoms with Crippen molar-refractivity contribution < 1.29 is 32.4 Å². The lowest BCUT2D eigenvalue weighted by Crippen LogP contribution is -2.46. The number of anilines is 1. The molecule has 118 valence electrons. The number of hydrogen-bond donors (Lipinski definition) is 0. The Morgan fingerprint density at radius 2 is 1.91 bits per heavy atom. The van der Waals surface area contributed by atoms with Crippen molar-refractivity contribution in [2.45, 2.75) is 10.3 Å². The summed E-state index contributed by atoms with van der Waals surface area (Å²) in [6.45, 7) is 0. The molecule has 22 heavy (non-hydrogen) atoms. The van der Waals surface area contributed by atoms with Crippen LogP contribution in [-0.4, -0.2) is 45.0 Å². The highest BCUT2D eigenvalue weighted by Gasteiger charge is 2.52. The van der Waals surface area contributed by atoms with Crippen LogP contribution >= 0.6 is 0 Å². The Hall–Kier alpha value is -2.69. The molecule has 1 atom stereocenters. The summed E-state index contributed by atoms with van der Waals surface area (Å²) in [6.07, 6.45) is -1.11. The fraction of sp³-hybridized carbons (Fsp3) is 0.273. The average molecular weight is 330 g/mol. The van der Waals surface area contributed by atoms with E-state index in [2.05, 4.69) is 9.47 Å². The Kier molecular flexibility index (Phi) is 3.75. The average Bonchev–Trinajstić information content (AvgIpc) is 2.73. The van der Waals surface area contributed by atoms with Gasteiger partial charge in [-0.3, -0.25) is 10.1 Å². The van der Waals surface area contributed by atoms with Crippen molar-refractivity contribution in [3.8, 4) is 0 Å². The number of benzene rings is 1. The van der Waals surface area contributed by atoms with Crippen molar-refractivity contribution in [3.63, 3.8) is 0 Å². The molecule has 0 aliphatic carbocycles. The van der Waals surface area contributed by atoms with Crippen LogP contribution in [0.2, 0.25) is 0 Å². The maximum atomic E-state index is 12.4. The summed E-state index contributed by atoms with van der Waals surface area (Å²) in [7, 11) is -2.41. The molecule has 0 aromatic heterocycles. The Bertz CT molecular complexity index is 772. The third-order valence-electron chi connectivity index (χ3n) is 3.02. The van der Waals surface area contributed by atoms with Crippen molar-refractivity contribution in [3.05, 3.63) is 28.3 Å². The molecule has 1 amide bonds. The number of nitro groups is 1. The fourth-order valence-corrected chi connectivity index (χ4v) is 3.86. The number of nitrogens with zero attached hydrogens (tertiary/aromatic N) is 2. The van der Waals surface area contributed by atoms with E-state index in [4.69, 9.17) is 0 Å². The minimum Gasteiger partial charge on any atom is -0.467 e. The van der Waals surface area contributed by atoms with Crippen molar-refractivity contribution in [2.75, 3.05) is 19.1 Å². The van der Waals surface area contributed by atoms with Gasteiger partial charge in [0.05, 0.1) is 24.8 Å². The number of amides is 1. The maximum absolute atomic E-state index is 12.4. The molecule has 0 saturated heterocycles. The SMILES string of the molecule is COC(=O)[C@@H]1N(C(=O)OC)c2ccc([N+](=O)[O-])cc2S1(=O)=O. The third kappa shape index (κ3) is 2.15. The Labute approximate surface area is 124 Å². The van der Waals surface area contributed by atoms with Gasteiger partial charge in [0.1, 0.15) is 4.90 Å². The van der Waals surface area contributed by atoms with Gasteiger partial charge in [0, 0.05) is 12.1 Å². The molecule has 0 N–H and O–H groups in total. The summed E-state index contributed by atoms with van der Waals surface area (Å²) in [5, 5.41) is 8.78. The van der Waals surface area contributed by atoms with Gasteiger partial charge in [0.25, 0.3) is 5.69 Å². The molecule has 1 aromatic carbocycles. The van der Waals surface area contributed by atoms with E-state index in [0.717, 1.165) is 32.4 Å². The lowest BCUT2D eigenvalue weighted by molar-refractivity contribution is -0.385. The molecule has 0 bridgehead atoms. The highest BCUT2D eigenvalue weighted by Crippen LogP contribution is 2.41. The number of carbonyl (C=O) groups is 2. The zero-order valence-corrected chi connectivity index (χ0v) is 12.2. The second-order valence-corrected chi connectivity index (χ2v) is 6.15. The summed E-state index contributed by atoms with van der Waals surface area (Å²) >= 11 is 0. The third-order valence-corrected chi connectivity index (χ3v) is 4.95. The first kappa shape index (κ1) is 15.7. The molecule has 1 aromatic rings. The molecule has 11 heteroatoms. The van der Waals surface area contributed by atoms with E-state index in [1.807, 2.05) is 0 Å². The minimum absolute atomic E-state index is 0.187. The van der Waals surface area contributed by atoms with Crippen LogP contribution < -0.4 is 4.90 Å². The summed E-state index contributed by atoms with van der Waals surface area (Å²) in [5.41, 5.74) is -0.675. The second kappa shape index (κ2) is 5.26. The van der Waals surface area contributed by atoms with Gasteiger partial charge in [-0.05, 0) is 6.07 Å². The largest absolute Gasteiger partial charge is 0.467 e. The van der Waals surface area contributed by atoms with Gasteiger partial charge in [-0.15, -0.1) is 0 Å². The normalized spacial score (nSPS) is 18.5. The summed E-state index contributed by atoms with van der Waals surface area (Å²) in [6, 6.07) is 2.86. The van der Waals surface area contributed by atoms with Crippen LogP contribution in [0.1, 0.15) is 0 Å². The van der Waals surface area contributed by atoms with E-state index in [9.17, 15) is 28.1 Å². The second-order valence-electron chi connectivity index (χ2n) is 4.17. The van der Waals surface area contributed by atoms with E-state index in [-0.39, 0.29) is 5.69 Å². The van der Waals surface area contributed by atoms with E-state index < -0.39 is 42.8 Å². The van der Waals surface area contributed by atoms with Gasteiger partial charge in [-0.1, -0.05) is 0 Å². The molecular formula is C11H10N2O8S. The van der Waals surface area contributed by atoms with Crippen LogP contribution in [-0.2, 0) is 24.1 Å². The smallest absolute Gasteiger partial charge is 0.415 e. The van der Waals surface area contributed by atoms with E-state index in [0.29, 0.717) is 4.90 Å². The summed E-state index contributed by atoms with van der Waals surface area (Å²) in [4.78, 5) is 33.6. The Balaban J connectivity index is 2.73. The first-order chi connectivity index (χ1) is 10.3. The first-order valence-corrected chi connectivity index (χ1v) is 7.27. The molecule has 0 fully saturated rings. The topological polar surface area (TPSA) is 133 Å². The fourth-order valence-electron chi connectivity index (χ4n) is 2.05. The van der Waals surface area contributed by atoms with Gasteiger partial charge in [0.15, 0.2) is 0 Å². The first-order valence-electron chi connectivity index (χ1n) is 5.73. The molecule has 0 radical (unpaired) electrons. The summed E-state index contributed by atoms with van der Waals surface area (Å²) in [5.74, 6) is -1.20. The van der Waals surface area contributed by atoms with Gasteiger partial charge in [-0.2, -0.15) is 0 Å². The highest BCUT2D eigenvalue weighted by atomic mass is 32.2. The van der Waals surface area contributed by atoms with Crippen LogP contribution in [0.15, 0.2) is 23.1 Å². The van der Waals surface area contributed by atoms with Crippen molar-refractivity contribution in [1.82, 2.24) is 0 Å². The van der Waals surface area contributed by atoms with Crippen molar-refractivity contribution >= 4 is 33.3 Å². The van der Waals surface area contributed by atoms with E-state index >= 15 is 0 Å². The molecule has 2 rings (SSSR count). The van der Waals surface area contributed by atoms with Gasteiger partial charge in [-0.25, -0.2) is 22.9 Å². The molecule has 1 heterocycles. The maximum Gasteiger partial charge on any atom is 0.415 e. The number of non-ortho nitro benzene ring substituents is 1. The zero-order valence-electron chi connectivity index (χ0n) is 11.4. The number of ether oxygens (including phenoxy) is 2. The monoisotopic (exact) mass is 330 g/mol. The van der Waals surface area contributed by atoms with Crippen molar-refractivity contribution in [2.24, 2.45) is 0 Å². The van der Waals surface area contributed by atoms with Crippen LogP contribution in [0.3, 0.4) is 0 Å². The number of esters is 1.